The first-order valence-corrected chi connectivity index (χ1v) is 11.4. The molecule has 1 aromatic heterocycles. The number of aromatic nitrogens is 3. The van der Waals surface area contributed by atoms with Crippen molar-refractivity contribution in [1.29, 1.82) is 0 Å². The van der Waals surface area contributed by atoms with Gasteiger partial charge in [0.1, 0.15) is 5.82 Å². The maximum atomic E-state index is 12.9. The van der Waals surface area contributed by atoms with Crippen molar-refractivity contribution in [2.24, 2.45) is 0 Å². The number of likely N-dealkylation sites (tertiary alicyclic amines) is 1. The molecule has 2 amide bonds. The van der Waals surface area contributed by atoms with Crippen LogP contribution < -0.4 is 5.32 Å². The predicted octanol–water partition coefficient (Wildman–Crippen LogP) is 2.79. The smallest absolute Gasteiger partial charge is 0.230 e. The summed E-state index contributed by atoms with van der Waals surface area (Å²) in [5, 5.41) is 12.1. The third-order valence-electron chi connectivity index (χ3n) is 5.09. The second-order valence-corrected chi connectivity index (χ2v) is 8.23. The van der Waals surface area contributed by atoms with E-state index in [1.807, 2.05) is 16.4 Å². The maximum absolute atomic E-state index is 12.9. The van der Waals surface area contributed by atoms with Gasteiger partial charge >= 0.3 is 0 Å². The number of amides is 2. The largest absolute Gasteiger partial charge is 0.355 e. The summed E-state index contributed by atoms with van der Waals surface area (Å²) in [6, 6.07) is 6.27. The van der Waals surface area contributed by atoms with Gasteiger partial charge in [0.05, 0.1) is 12.3 Å². The molecule has 30 heavy (non-hydrogen) atoms. The van der Waals surface area contributed by atoms with Crippen molar-refractivity contribution in [2.45, 2.75) is 57.3 Å². The molecule has 9 heteroatoms. The van der Waals surface area contributed by atoms with Crippen LogP contribution in [0.25, 0.3) is 0 Å². The first kappa shape index (κ1) is 22.3. The van der Waals surface area contributed by atoms with E-state index in [-0.39, 0.29) is 23.4 Å². The molecule has 0 aliphatic carbocycles. The molecule has 1 aliphatic heterocycles. The highest BCUT2D eigenvalue weighted by molar-refractivity contribution is 7.99. The maximum Gasteiger partial charge on any atom is 0.230 e. The van der Waals surface area contributed by atoms with Crippen LogP contribution in [-0.4, -0.2) is 50.3 Å². The average Bonchev–Trinajstić information content (AvgIpc) is 3.02. The second-order valence-electron chi connectivity index (χ2n) is 7.28. The molecular formula is C21H28FN5O2S. The molecule has 0 unspecified atom stereocenters. The molecule has 0 atom stereocenters. The molecule has 0 saturated carbocycles. The van der Waals surface area contributed by atoms with Crippen LogP contribution in [0.2, 0.25) is 0 Å². The number of nitrogens with one attached hydrogen (secondary N) is 1. The fraction of sp³-hybridized carbons (Fsp3) is 0.524. The summed E-state index contributed by atoms with van der Waals surface area (Å²) < 4.78 is 14.9. The Morgan fingerprint density at radius 2 is 2.00 bits per heavy atom. The topological polar surface area (TPSA) is 80.1 Å². The van der Waals surface area contributed by atoms with Crippen molar-refractivity contribution in [3.8, 4) is 0 Å². The van der Waals surface area contributed by atoms with Crippen molar-refractivity contribution in [1.82, 2.24) is 25.0 Å². The Morgan fingerprint density at radius 1 is 1.20 bits per heavy atom. The number of hydrogen-bond acceptors (Lipinski definition) is 5. The van der Waals surface area contributed by atoms with E-state index in [4.69, 9.17) is 0 Å². The molecule has 7 nitrogen and oxygen atoms in total. The van der Waals surface area contributed by atoms with Crippen LogP contribution >= 0.6 is 11.8 Å². The van der Waals surface area contributed by atoms with Crippen LogP contribution in [0.1, 0.15) is 44.0 Å². The van der Waals surface area contributed by atoms with Gasteiger partial charge in [0.2, 0.25) is 11.8 Å². The molecule has 2 aromatic rings. The zero-order valence-electron chi connectivity index (χ0n) is 17.3. The lowest BCUT2D eigenvalue weighted by molar-refractivity contribution is -0.131. The fourth-order valence-electron chi connectivity index (χ4n) is 3.42. The van der Waals surface area contributed by atoms with Crippen LogP contribution in [0.5, 0.6) is 0 Å². The molecule has 162 valence electrons. The van der Waals surface area contributed by atoms with Gasteiger partial charge in [-0.15, -0.1) is 10.2 Å². The van der Waals surface area contributed by atoms with Crippen LogP contribution in [0, 0.1) is 5.82 Å². The standard InChI is InChI=1S/C21H28FN5O2S/c1-2-27-18(14-26-13-5-3-4-6-20(26)29)24-25-21(27)30-15-19(28)23-12-11-16-7-9-17(22)10-8-16/h7-10H,2-6,11-15H2,1H3,(H,23,28). The highest BCUT2D eigenvalue weighted by atomic mass is 32.2. The molecule has 0 radical (unpaired) electrons. The van der Waals surface area contributed by atoms with Crippen molar-refractivity contribution >= 4 is 23.6 Å². The molecule has 0 spiro atoms. The first-order valence-electron chi connectivity index (χ1n) is 10.4. The van der Waals surface area contributed by atoms with E-state index in [0.29, 0.717) is 37.6 Å². The lowest BCUT2D eigenvalue weighted by Gasteiger charge is -2.20. The summed E-state index contributed by atoms with van der Waals surface area (Å²) in [7, 11) is 0. The van der Waals surface area contributed by atoms with Gasteiger partial charge in [-0.3, -0.25) is 9.59 Å². The van der Waals surface area contributed by atoms with E-state index >= 15 is 0 Å². The number of hydrogen-bond donors (Lipinski definition) is 1. The minimum Gasteiger partial charge on any atom is -0.355 e. The van der Waals surface area contributed by atoms with E-state index in [0.717, 1.165) is 37.2 Å². The minimum absolute atomic E-state index is 0.0861. The summed E-state index contributed by atoms with van der Waals surface area (Å²) in [5.74, 6) is 0.820. The van der Waals surface area contributed by atoms with Crippen molar-refractivity contribution in [2.75, 3.05) is 18.8 Å². The second kappa shape index (κ2) is 11.1. The van der Waals surface area contributed by atoms with E-state index in [1.54, 1.807) is 12.1 Å². The van der Waals surface area contributed by atoms with E-state index in [9.17, 15) is 14.0 Å². The molecule has 1 N–H and O–H groups in total. The number of rotatable bonds is 9. The minimum atomic E-state index is -0.265. The van der Waals surface area contributed by atoms with Gasteiger partial charge in [-0.25, -0.2) is 4.39 Å². The average molecular weight is 434 g/mol. The highest BCUT2D eigenvalue weighted by Gasteiger charge is 2.20. The lowest BCUT2D eigenvalue weighted by atomic mass is 10.1. The molecule has 2 heterocycles. The first-order chi connectivity index (χ1) is 14.6. The van der Waals surface area contributed by atoms with Gasteiger partial charge in [0, 0.05) is 26.1 Å². The third-order valence-corrected chi connectivity index (χ3v) is 6.06. The van der Waals surface area contributed by atoms with Crippen molar-refractivity contribution < 1.29 is 14.0 Å². The summed E-state index contributed by atoms with van der Waals surface area (Å²) in [5.41, 5.74) is 0.975. The van der Waals surface area contributed by atoms with Crippen molar-refractivity contribution in [3.63, 3.8) is 0 Å². The quantitative estimate of drug-likeness (QED) is 0.615. The normalized spacial score (nSPS) is 14.6. The van der Waals surface area contributed by atoms with Crippen LogP contribution in [0.15, 0.2) is 29.4 Å². The Morgan fingerprint density at radius 3 is 2.77 bits per heavy atom. The van der Waals surface area contributed by atoms with Gasteiger partial charge in [-0.2, -0.15) is 0 Å². The Balaban J connectivity index is 1.48. The summed E-state index contributed by atoms with van der Waals surface area (Å²) in [6.07, 6.45) is 4.30. The summed E-state index contributed by atoms with van der Waals surface area (Å²) >= 11 is 1.34. The number of thioether (sulfide) groups is 1. The number of carbonyl (C=O) groups is 2. The third kappa shape index (κ3) is 6.29. The molecule has 1 fully saturated rings. The van der Waals surface area contributed by atoms with Crippen molar-refractivity contribution in [3.05, 3.63) is 41.5 Å². The van der Waals surface area contributed by atoms with Gasteiger partial charge in [-0.1, -0.05) is 30.3 Å². The Hall–Kier alpha value is -2.42. The monoisotopic (exact) mass is 433 g/mol. The zero-order chi connectivity index (χ0) is 21.3. The van der Waals surface area contributed by atoms with E-state index < -0.39 is 0 Å². The molecule has 1 saturated heterocycles. The Bertz CT molecular complexity index is 856. The zero-order valence-corrected chi connectivity index (χ0v) is 18.1. The van der Waals surface area contributed by atoms with E-state index in [2.05, 4.69) is 15.5 Å². The number of nitrogens with zero attached hydrogens (tertiary/aromatic N) is 4. The predicted molar refractivity (Wildman–Crippen MR) is 113 cm³/mol. The van der Waals surface area contributed by atoms with Gasteiger partial charge in [0.25, 0.3) is 0 Å². The van der Waals surface area contributed by atoms with Crippen LogP contribution in [0.4, 0.5) is 4.39 Å². The molecule has 1 aromatic carbocycles. The van der Waals surface area contributed by atoms with Gasteiger partial charge in [0.15, 0.2) is 11.0 Å². The molecule has 3 rings (SSSR count). The number of carbonyl (C=O) groups excluding carboxylic acids is 2. The fourth-order valence-corrected chi connectivity index (χ4v) is 4.27. The SMILES string of the molecule is CCn1c(CN2CCCCCC2=O)nnc1SCC(=O)NCCc1ccc(F)cc1. The van der Waals surface area contributed by atoms with Crippen LogP contribution in [-0.2, 0) is 29.1 Å². The van der Waals surface area contributed by atoms with Gasteiger partial charge < -0.3 is 14.8 Å². The number of benzene rings is 1. The number of halogens is 1. The Labute approximate surface area is 180 Å². The van der Waals surface area contributed by atoms with Crippen LogP contribution in [0.3, 0.4) is 0 Å². The highest BCUT2D eigenvalue weighted by Crippen LogP contribution is 2.19. The lowest BCUT2D eigenvalue weighted by Crippen LogP contribution is -2.31. The Kier molecular flexibility index (Phi) is 8.24. The molecule has 0 bridgehead atoms. The molecule has 1 aliphatic rings. The van der Waals surface area contributed by atoms with E-state index in [1.165, 1.54) is 23.9 Å². The molecular weight excluding hydrogens is 405 g/mol. The van der Waals surface area contributed by atoms with Gasteiger partial charge in [-0.05, 0) is 43.9 Å². The summed E-state index contributed by atoms with van der Waals surface area (Å²) in [4.78, 5) is 26.3. The summed E-state index contributed by atoms with van der Waals surface area (Å²) in [6.45, 7) is 4.40.